The summed E-state index contributed by atoms with van der Waals surface area (Å²) in [5.41, 5.74) is 3.92. The van der Waals surface area contributed by atoms with E-state index in [9.17, 15) is 9.59 Å². The molecular formula is C18H17N3O3. The summed E-state index contributed by atoms with van der Waals surface area (Å²) in [5.74, 6) is -1.05. The third-order valence-electron chi connectivity index (χ3n) is 3.66. The standard InChI is InChI=1S/C18H17N3O3/c1-12-3-2-8-21-11-15(20-18(12)21)10-16(22)19-14-6-4-13(5-7-14)9-17(23)24/h2-8,11H,9-10H2,1H3,(H,19,22)(H,23,24). The molecule has 0 saturated carbocycles. The van der Waals surface area contributed by atoms with E-state index in [1.54, 1.807) is 24.3 Å². The summed E-state index contributed by atoms with van der Waals surface area (Å²) >= 11 is 0. The average Bonchev–Trinajstić information content (AvgIpc) is 2.92. The van der Waals surface area contributed by atoms with Crippen molar-refractivity contribution in [3.8, 4) is 0 Å². The molecule has 122 valence electrons. The molecule has 1 aromatic carbocycles. The number of hydrogen-bond acceptors (Lipinski definition) is 3. The van der Waals surface area contributed by atoms with E-state index in [0.29, 0.717) is 16.9 Å². The summed E-state index contributed by atoms with van der Waals surface area (Å²) in [5, 5.41) is 11.5. The quantitative estimate of drug-likeness (QED) is 0.755. The zero-order valence-corrected chi connectivity index (χ0v) is 13.2. The third kappa shape index (κ3) is 3.60. The minimum atomic E-state index is -0.881. The number of rotatable bonds is 5. The second-order valence-electron chi connectivity index (χ2n) is 5.65. The van der Waals surface area contributed by atoms with Crippen LogP contribution in [0.4, 0.5) is 5.69 Å². The first-order valence-corrected chi connectivity index (χ1v) is 7.55. The Bertz CT molecular complexity index is 898. The van der Waals surface area contributed by atoms with Crippen molar-refractivity contribution in [3.05, 3.63) is 65.6 Å². The molecule has 3 aromatic rings. The van der Waals surface area contributed by atoms with Gasteiger partial charge in [-0.25, -0.2) is 4.98 Å². The number of benzene rings is 1. The average molecular weight is 323 g/mol. The SMILES string of the molecule is Cc1cccn2cc(CC(=O)Nc3ccc(CC(=O)O)cc3)nc12. The summed E-state index contributed by atoms with van der Waals surface area (Å²) in [6.45, 7) is 1.98. The van der Waals surface area contributed by atoms with Crippen LogP contribution in [-0.4, -0.2) is 26.4 Å². The molecule has 0 spiro atoms. The molecule has 6 heteroatoms. The highest BCUT2D eigenvalue weighted by Crippen LogP contribution is 2.13. The molecule has 24 heavy (non-hydrogen) atoms. The Kier molecular flexibility index (Phi) is 4.29. The van der Waals surface area contributed by atoms with Crippen molar-refractivity contribution in [3.63, 3.8) is 0 Å². The van der Waals surface area contributed by atoms with Crippen molar-refractivity contribution in [1.82, 2.24) is 9.38 Å². The summed E-state index contributed by atoms with van der Waals surface area (Å²) in [4.78, 5) is 27.3. The van der Waals surface area contributed by atoms with E-state index in [4.69, 9.17) is 5.11 Å². The number of imidazole rings is 1. The van der Waals surface area contributed by atoms with Crippen LogP contribution in [0.3, 0.4) is 0 Å². The number of anilines is 1. The van der Waals surface area contributed by atoms with Gasteiger partial charge in [0, 0.05) is 18.1 Å². The Morgan fingerprint density at radius 3 is 2.58 bits per heavy atom. The van der Waals surface area contributed by atoms with Crippen LogP contribution < -0.4 is 5.32 Å². The molecule has 2 aromatic heterocycles. The molecule has 0 bridgehead atoms. The highest BCUT2D eigenvalue weighted by atomic mass is 16.4. The number of aromatic nitrogens is 2. The number of carbonyl (C=O) groups excluding carboxylic acids is 1. The smallest absolute Gasteiger partial charge is 0.307 e. The summed E-state index contributed by atoms with van der Waals surface area (Å²) in [7, 11) is 0. The van der Waals surface area contributed by atoms with Crippen molar-refractivity contribution in [2.24, 2.45) is 0 Å². The second kappa shape index (κ2) is 6.54. The van der Waals surface area contributed by atoms with Crippen molar-refractivity contribution in [2.75, 3.05) is 5.32 Å². The Labute approximate surface area is 138 Å². The van der Waals surface area contributed by atoms with Crippen LogP contribution in [0.25, 0.3) is 5.65 Å². The van der Waals surface area contributed by atoms with Crippen LogP contribution in [0, 0.1) is 6.92 Å². The number of pyridine rings is 1. The van der Waals surface area contributed by atoms with Crippen molar-refractivity contribution >= 4 is 23.2 Å². The van der Waals surface area contributed by atoms with Gasteiger partial charge in [0.05, 0.1) is 18.5 Å². The third-order valence-corrected chi connectivity index (χ3v) is 3.66. The van der Waals surface area contributed by atoms with E-state index in [2.05, 4.69) is 10.3 Å². The van der Waals surface area contributed by atoms with Gasteiger partial charge in [0.25, 0.3) is 0 Å². The fraction of sp³-hybridized carbons (Fsp3) is 0.167. The zero-order valence-electron chi connectivity index (χ0n) is 13.2. The highest BCUT2D eigenvalue weighted by Gasteiger charge is 2.09. The normalized spacial score (nSPS) is 10.7. The van der Waals surface area contributed by atoms with Gasteiger partial charge in [-0.05, 0) is 36.2 Å². The fourth-order valence-corrected chi connectivity index (χ4v) is 2.54. The second-order valence-corrected chi connectivity index (χ2v) is 5.65. The van der Waals surface area contributed by atoms with Gasteiger partial charge in [-0.1, -0.05) is 18.2 Å². The minimum Gasteiger partial charge on any atom is -0.481 e. The Hall–Kier alpha value is -3.15. The molecule has 0 aliphatic carbocycles. The number of aryl methyl sites for hydroxylation is 1. The first kappa shape index (κ1) is 15.7. The summed E-state index contributed by atoms with van der Waals surface area (Å²) in [6.07, 6.45) is 3.89. The zero-order chi connectivity index (χ0) is 17.1. The summed E-state index contributed by atoms with van der Waals surface area (Å²) in [6, 6.07) is 10.7. The van der Waals surface area contributed by atoms with Crippen LogP contribution in [0.5, 0.6) is 0 Å². The van der Waals surface area contributed by atoms with Crippen LogP contribution in [0.2, 0.25) is 0 Å². The largest absolute Gasteiger partial charge is 0.481 e. The monoisotopic (exact) mass is 323 g/mol. The van der Waals surface area contributed by atoms with E-state index < -0.39 is 5.97 Å². The van der Waals surface area contributed by atoms with Gasteiger partial charge < -0.3 is 14.8 Å². The summed E-state index contributed by atoms with van der Waals surface area (Å²) < 4.78 is 1.90. The van der Waals surface area contributed by atoms with Crippen molar-refractivity contribution in [2.45, 2.75) is 19.8 Å². The van der Waals surface area contributed by atoms with Crippen LogP contribution in [0.1, 0.15) is 16.8 Å². The minimum absolute atomic E-state index is 0.0329. The maximum absolute atomic E-state index is 12.2. The lowest BCUT2D eigenvalue weighted by Crippen LogP contribution is -2.14. The lowest BCUT2D eigenvalue weighted by atomic mass is 10.1. The van der Waals surface area contributed by atoms with Gasteiger partial charge in [0.2, 0.25) is 5.91 Å². The van der Waals surface area contributed by atoms with Gasteiger partial charge >= 0.3 is 5.97 Å². The van der Waals surface area contributed by atoms with Crippen molar-refractivity contribution < 1.29 is 14.7 Å². The van der Waals surface area contributed by atoms with Gasteiger partial charge in [-0.3, -0.25) is 9.59 Å². The van der Waals surface area contributed by atoms with Gasteiger partial charge in [0.1, 0.15) is 5.65 Å². The number of nitrogens with one attached hydrogen (secondary N) is 1. The number of amides is 1. The molecule has 1 amide bonds. The maximum atomic E-state index is 12.2. The topological polar surface area (TPSA) is 83.7 Å². The van der Waals surface area contributed by atoms with Gasteiger partial charge in [-0.15, -0.1) is 0 Å². The molecule has 2 N–H and O–H groups in total. The van der Waals surface area contributed by atoms with Gasteiger partial charge in [0.15, 0.2) is 0 Å². The molecule has 0 aliphatic heterocycles. The van der Waals surface area contributed by atoms with E-state index in [1.165, 1.54) is 0 Å². The molecule has 0 aliphatic rings. The number of carboxylic acids is 1. The van der Waals surface area contributed by atoms with E-state index in [1.807, 2.05) is 35.9 Å². The molecule has 0 fully saturated rings. The fourth-order valence-electron chi connectivity index (χ4n) is 2.54. The number of fused-ring (bicyclic) bond motifs is 1. The van der Waals surface area contributed by atoms with Crippen molar-refractivity contribution in [1.29, 1.82) is 0 Å². The Morgan fingerprint density at radius 2 is 1.92 bits per heavy atom. The van der Waals surface area contributed by atoms with Crippen LogP contribution in [0.15, 0.2) is 48.8 Å². The number of aliphatic carboxylic acids is 1. The predicted octanol–water partition coefficient (Wildman–Crippen LogP) is 2.45. The predicted molar refractivity (Wildman–Crippen MR) is 90.0 cm³/mol. The molecule has 0 atom stereocenters. The first-order valence-electron chi connectivity index (χ1n) is 7.55. The number of nitrogens with zero attached hydrogens (tertiary/aromatic N) is 2. The number of carboxylic acid groups (broad SMARTS) is 1. The lowest BCUT2D eigenvalue weighted by molar-refractivity contribution is -0.136. The van der Waals surface area contributed by atoms with E-state index in [0.717, 1.165) is 11.2 Å². The number of carbonyl (C=O) groups is 2. The van der Waals surface area contributed by atoms with Gasteiger partial charge in [-0.2, -0.15) is 0 Å². The lowest BCUT2D eigenvalue weighted by Gasteiger charge is -2.05. The molecule has 2 heterocycles. The first-order chi connectivity index (χ1) is 11.5. The van der Waals surface area contributed by atoms with E-state index >= 15 is 0 Å². The molecular weight excluding hydrogens is 306 g/mol. The molecule has 0 radical (unpaired) electrons. The molecule has 3 rings (SSSR count). The highest BCUT2D eigenvalue weighted by molar-refractivity contribution is 5.92. The maximum Gasteiger partial charge on any atom is 0.307 e. The van der Waals surface area contributed by atoms with E-state index in [-0.39, 0.29) is 18.7 Å². The molecule has 0 saturated heterocycles. The molecule has 6 nitrogen and oxygen atoms in total. The van der Waals surface area contributed by atoms with Crippen LogP contribution >= 0.6 is 0 Å². The Balaban J connectivity index is 1.66. The number of hydrogen-bond donors (Lipinski definition) is 2. The molecule has 0 unspecified atom stereocenters. The Morgan fingerprint density at radius 1 is 1.17 bits per heavy atom. The van der Waals surface area contributed by atoms with Crippen LogP contribution in [-0.2, 0) is 22.4 Å².